The number of carbonyl (C=O) groups is 3. The molecule has 1 unspecified atom stereocenters. The van der Waals surface area contributed by atoms with Crippen molar-refractivity contribution in [1.29, 1.82) is 0 Å². The van der Waals surface area contributed by atoms with Crippen molar-refractivity contribution in [2.45, 2.75) is 79.7 Å². The van der Waals surface area contributed by atoms with Crippen LogP contribution in [0.4, 0.5) is 0 Å². The van der Waals surface area contributed by atoms with Gasteiger partial charge in [-0.15, -0.1) is 0 Å². The van der Waals surface area contributed by atoms with Gasteiger partial charge in [-0.25, -0.2) is 0 Å². The third-order valence-corrected chi connectivity index (χ3v) is 4.10. The van der Waals surface area contributed by atoms with E-state index in [2.05, 4.69) is 5.32 Å². The molecule has 22 heavy (non-hydrogen) atoms. The zero-order chi connectivity index (χ0) is 17.3. The Balaban J connectivity index is 4.16. The van der Waals surface area contributed by atoms with Crippen molar-refractivity contribution in [3.8, 4) is 0 Å². The minimum Gasteiger partial charge on any atom is -0.346 e. The summed E-state index contributed by atoms with van der Waals surface area (Å²) in [5.74, 6) is 0.381. The molecule has 0 aromatic heterocycles. The van der Waals surface area contributed by atoms with Crippen LogP contribution in [-0.4, -0.2) is 23.5 Å². The summed E-state index contributed by atoms with van der Waals surface area (Å²) in [6.45, 7) is 11.5. The number of amides is 1. The Hall–Kier alpha value is -1.19. The predicted octanol–water partition coefficient (Wildman–Crippen LogP) is 3.53. The Labute approximate surface area is 135 Å². The topological polar surface area (TPSA) is 63.2 Å². The molecular weight excluding hydrogens is 278 g/mol. The van der Waals surface area contributed by atoms with Crippen LogP contribution in [0.15, 0.2) is 0 Å². The van der Waals surface area contributed by atoms with E-state index in [1.165, 1.54) is 0 Å². The molecule has 4 nitrogen and oxygen atoms in total. The van der Waals surface area contributed by atoms with Crippen LogP contribution in [0.25, 0.3) is 0 Å². The highest BCUT2D eigenvalue weighted by molar-refractivity contribution is 5.90. The summed E-state index contributed by atoms with van der Waals surface area (Å²) in [5, 5.41) is 2.85. The molecule has 0 spiro atoms. The summed E-state index contributed by atoms with van der Waals surface area (Å²) in [5.41, 5.74) is 0. The van der Waals surface area contributed by atoms with Gasteiger partial charge < -0.3 is 5.32 Å². The van der Waals surface area contributed by atoms with E-state index in [0.717, 1.165) is 12.8 Å². The van der Waals surface area contributed by atoms with E-state index >= 15 is 0 Å². The zero-order valence-electron chi connectivity index (χ0n) is 15.1. The quantitative estimate of drug-likeness (QED) is 0.594. The zero-order valence-corrected chi connectivity index (χ0v) is 15.1. The average molecular weight is 311 g/mol. The van der Waals surface area contributed by atoms with Crippen molar-refractivity contribution < 1.29 is 14.4 Å². The molecule has 0 saturated heterocycles. The lowest BCUT2D eigenvalue weighted by Gasteiger charge is -2.23. The first kappa shape index (κ1) is 20.8. The summed E-state index contributed by atoms with van der Waals surface area (Å²) < 4.78 is 0. The van der Waals surface area contributed by atoms with Crippen LogP contribution >= 0.6 is 0 Å². The molecule has 128 valence electrons. The molecule has 1 amide bonds. The largest absolute Gasteiger partial charge is 0.346 e. The highest BCUT2D eigenvalue weighted by Crippen LogP contribution is 2.12. The minimum absolute atomic E-state index is 0.0790. The predicted molar refractivity (Wildman–Crippen MR) is 89.5 cm³/mol. The van der Waals surface area contributed by atoms with Gasteiger partial charge in [0.25, 0.3) is 0 Å². The van der Waals surface area contributed by atoms with Crippen LogP contribution in [0.1, 0.15) is 73.6 Å². The third-order valence-electron chi connectivity index (χ3n) is 4.10. The molecule has 0 rings (SSSR count). The molecule has 0 aliphatic heterocycles. The van der Waals surface area contributed by atoms with E-state index < -0.39 is 6.04 Å². The molecule has 2 atom stereocenters. The fourth-order valence-electron chi connectivity index (χ4n) is 2.23. The first-order valence-electron chi connectivity index (χ1n) is 8.56. The summed E-state index contributed by atoms with van der Waals surface area (Å²) in [6, 6.07) is -0.408. The molecule has 0 bridgehead atoms. The Morgan fingerprint density at radius 1 is 0.909 bits per heavy atom. The van der Waals surface area contributed by atoms with Crippen LogP contribution in [0, 0.1) is 17.8 Å². The Morgan fingerprint density at radius 3 is 1.91 bits per heavy atom. The van der Waals surface area contributed by atoms with E-state index in [-0.39, 0.29) is 35.2 Å². The first-order chi connectivity index (χ1) is 10.2. The molecule has 1 N–H and O–H groups in total. The number of carbonyl (C=O) groups excluding carboxylic acids is 3. The van der Waals surface area contributed by atoms with Crippen LogP contribution in [-0.2, 0) is 14.4 Å². The lowest BCUT2D eigenvalue weighted by Crippen LogP contribution is -2.46. The number of hydrogen-bond donors (Lipinski definition) is 1. The van der Waals surface area contributed by atoms with E-state index in [1.54, 1.807) is 0 Å². The minimum atomic E-state index is -0.408. The van der Waals surface area contributed by atoms with Gasteiger partial charge in [-0.3, -0.25) is 14.4 Å². The number of ketones is 2. The fraction of sp³-hybridized carbons (Fsp3) is 0.833. The van der Waals surface area contributed by atoms with Crippen LogP contribution in [0.2, 0.25) is 0 Å². The maximum absolute atomic E-state index is 12.1. The number of Topliss-reactive ketones (excluding diaryl/α,β-unsaturated/α-hetero) is 2. The van der Waals surface area contributed by atoms with Crippen molar-refractivity contribution in [1.82, 2.24) is 5.32 Å². The monoisotopic (exact) mass is 311 g/mol. The van der Waals surface area contributed by atoms with E-state index in [0.29, 0.717) is 19.3 Å². The highest BCUT2D eigenvalue weighted by atomic mass is 16.2. The lowest BCUT2D eigenvalue weighted by atomic mass is 9.93. The SMILES string of the molecule is CCC(C)C(=O)CCCCC(=O)N[C@H](C(=O)C(C)C)C(C)C. The normalized spacial score (nSPS) is 14.0. The fourth-order valence-corrected chi connectivity index (χ4v) is 2.23. The van der Waals surface area contributed by atoms with Gasteiger partial charge in [-0.2, -0.15) is 0 Å². The first-order valence-corrected chi connectivity index (χ1v) is 8.56. The van der Waals surface area contributed by atoms with Crippen molar-refractivity contribution >= 4 is 17.5 Å². The number of rotatable bonds is 11. The van der Waals surface area contributed by atoms with Crippen LogP contribution in [0.5, 0.6) is 0 Å². The van der Waals surface area contributed by atoms with E-state index in [9.17, 15) is 14.4 Å². The van der Waals surface area contributed by atoms with Crippen LogP contribution < -0.4 is 5.32 Å². The Kier molecular flexibility index (Phi) is 9.95. The van der Waals surface area contributed by atoms with Gasteiger partial charge in [0.05, 0.1) is 6.04 Å². The van der Waals surface area contributed by atoms with Crippen molar-refractivity contribution in [3.63, 3.8) is 0 Å². The van der Waals surface area contributed by atoms with Gasteiger partial charge in [0.15, 0.2) is 5.78 Å². The Bertz CT molecular complexity index is 375. The van der Waals surface area contributed by atoms with Crippen molar-refractivity contribution in [2.75, 3.05) is 0 Å². The molecule has 0 saturated carbocycles. The molecule has 0 fully saturated rings. The third kappa shape index (κ3) is 7.71. The van der Waals surface area contributed by atoms with Gasteiger partial charge >= 0.3 is 0 Å². The summed E-state index contributed by atoms with van der Waals surface area (Å²) in [4.78, 5) is 35.8. The average Bonchev–Trinajstić information content (AvgIpc) is 2.46. The number of hydrogen-bond acceptors (Lipinski definition) is 3. The van der Waals surface area contributed by atoms with Gasteiger partial charge in [-0.1, -0.05) is 41.5 Å². The Morgan fingerprint density at radius 2 is 1.45 bits per heavy atom. The van der Waals surface area contributed by atoms with E-state index in [1.807, 2.05) is 41.5 Å². The second-order valence-corrected chi connectivity index (χ2v) is 6.83. The second-order valence-electron chi connectivity index (χ2n) is 6.83. The summed E-state index contributed by atoms with van der Waals surface area (Å²) >= 11 is 0. The standard InChI is InChI=1S/C18H33NO3/c1-7-14(6)15(20)10-8-9-11-16(21)19-17(12(2)3)18(22)13(4)5/h12-14,17H,7-11H2,1-6H3,(H,19,21)/t14?,17-/m0/s1. The van der Waals surface area contributed by atoms with E-state index in [4.69, 9.17) is 0 Å². The van der Waals surface area contributed by atoms with Crippen molar-refractivity contribution in [3.05, 3.63) is 0 Å². The van der Waals surface area contributed by atoms with Gasteiger partial charge in [0.1, 0.15) is 5.78 Å². The van der Waals surface area contributed by atoms with Crippen LogP contribution in [0.3, 0.4) is 0 Å². The molecule has 0 aromatic carbocycles. The molecule has 4 heteroatoms. The molecule has 0 aliphatic carbocycles. The maximum atomic E-state index is 12.1. The highest BCUT2D eigenvalue weighted by Gasteiger charge is 2.25. The smallest absolute Gasteiger partial charge is 0.220 e. The number of nitrogens with one attached hydrogen (secondary N) is 1. The molecular formula is C18H33NO3. The van der Waals surface area contributed by atoms with Crippen molar-refractivity contribution in [2.24, 2.45) is 17.8 Å². The second kappa shape index (κ2) is 10.5. The summed E-state index contributed by atoms with van der Waals surface area (Å²) in [7, 11) is 0. The molecule has 0 radical (unpaired) electrons. The molecule has 0 heterocycles. The van der Waals surface area contributed by atoms with Gasteiger partial charge in [0.2, 0.25) is 5.91 Å². The van der Waals surface area contributed by atoms with Gasteiger partial charge in [-0.05, 0) is 25.2 Å². The summed E-state index contributed by atoms with van der Waals surface area (Å²) in [6.07, 6.45) is 3.21. The maximum Gasteiger partial charge on any atom is 0.220 e. The lowest BCUT2D eigenvalue weighted by molar-refractivity contribution is -0.130. The number of unbranched alkanes of at least 4 members (excludes halogenated alkanes) is 1. The van der Waals surface area contributed by atoms with Gasteiger partial charge in [0, 0.05) is 24.7 Å². The molecule has 0 aliphatic rings. The molecule has 0 aromatic rings.